The minimum absolute atomic E-state index is 0.177. The smallest absolute Gasteiger partial charge is 0.199 e. The summed E-state index contributed by atoms with van der Waals surface area (Å²) in [5, 5.41) is 20.9. The molecule has 0 atom stereocenters. The van der Waals surface area contributed by atoms with Gasteiger partial charge in [0, 0.05) is 23.2 Å². The molecule has 0 saturated heterocycles. The van der Waals surface area contributed by atoms with Crippen molar-refractivity contribution in [3.05, 3.63) is 47.0 Å². The zero-order valence-electron chi connectivity index (χ0n) is 12.1. The molecule has 1 aromatic heterocycles. The number of hydrogen-bond acceptors (Lipinski definition) is 3. The minimum atomic E-state index is -0.265. The van der Waals surface area contributed by atoms with Gasteiger partial charge in [-0.15, -0.1) is 0 Å². The summed E-state index contributed by atoms with van der Waals surface area (Å²) in [5.74, 6) is 0.356. The molecule has 0 bridgehead atoms. The summed E-state index contributed by atoms with van der Waals surface area (Å²) in [4.78, 5) is 2.13. The van der Waals surface area contributed by atoms with Crippen molar-refractivity contribution in [3.8, 4) is 11.8 Å². The van der Waals surface area contributed by atoms with Gasteiger partial charge in [-0.05, 0) is 26.5 Å². The van der Waals surface area contributed by atoms with Crippen LogP contribution in [0.15, 0.2) is 30.3 Å². The van der Waals surface area contributed by atoms with Crippen LogP contribution in [0.1, 0.15) is 30.5 Å². The molecule has 4 nitrogen and oxygen atoms in total. The summed E-state index contributed by atoms with van der Waals surface area (Å²) in [6, 6.07) is 9.84. The summed E-state index contributed by atoms with van der Waals surface area (Å²) in [5.41, 5.74) is 2.47. The van der Waals surface area contributed by atoms with E-state index in [0.29, 0.717) is 13.1 Å². The van der Waals surface area contributed by atoms with Crippen molar-refractivity contribution in [2.24, 2.45) is 0 Å². The standard InChI is InChI=1S/C16H20N2O2/c1-16(2)13-12(10-17(16)3)14(19)18(15(13)20)9-11-7-5-4-6-8-11/h4-8,19-20H,9-10H2,1-3H3. The molecule has 4 heteroatoms. The number of nitrogens with zero attached hydrogens (tertiary/aromatic N) is 2. The minimum Gasteiger partial charge on any atom is -0.494 e. The third kappa shape index (κ3) is 1.72. The van der Waals surface area contributed by atoms with Crippen molar-refractivity contribution in [1.82, 2.24) is 9.47 Å². The number of rotatable bonds is 2. The molecule has 0 aliphatic carbocycles. The lowest BCUT2D eigenvalue weighted by atomic mass is 9.97. The topological polar surface area (TPSA) is 48.6 Å². The van der Waals surface area contributed by atoms with E-state index in [2.05, 4.69) is 18.7 Å². The predicted octanol–water partition coefficient (Wildman–Crippen LogP) is 2.63. The summed E-state index contributed by atoms with van der Waals surface area (Å²) < 4.78 is 1.59. The maximum atomic E-state index is 10.5. The third-order valence-corrected chi connectivity index (χ3v) is 4.45. The first kappa shape index (κ1) is 13.1. The zero-order chi connectivity index (χ0) is 14.5. The van der Waals surface area contributed by atoms with Gasteiger partial charge in [0.25, 0.3) is 0 Å². The van der Waals surface area contributed by atoms with E-state index < -0.39 is 0 Å². The molecule has 2 aromatic rings. The van der Waals surface area contributed by atoms with Gasteiger partial charge in [0.15, 0.2) is 11.8 Å². The lowest BCUT2D eigenvalue weighted by Gasteiger charge is -2.29. The van der Waals surface area contributed by atoms with Crippen LogP contribution in [0.5, 0.6) is 11.8 Å². The van der Waals surface area contributed by atoms with Crippen molar-refractivity contribution in [3.63, 3.8) is 0 Å². The molecule has 1 aliphatic heterocycles. The van der Waals surface area contributed by atoms with E-state index in [-0.39, 0.29) is 17.3 Å². The fourth-order valence-corrected chi connectivity index (χ4v) is 2.98. The summed E-state index contributed by atoms with van der Waals surface area (Å²) in [7, 11) is 2.00. The molecule has 2 N–H and O–H groups in total. The Labute approximate surface area is 118 Å². The Hall–Kier alpha value is -1.94. The molecular weight excluding hydrogens is 252 g/mol. The Morgan fingerprint density at radius 1 is 1.10 bits per heavy atom. The van der Waals surface area contributed by atoms with Crippen LogP contribution in [0, 0.1) is 0 Å². The first-order valence-corrected chi connectivity index (χ1v) is 6.82. The summed E-state index contributed by atoms with van der Waals surface area (Å²) in [6.45, 7) is 5.25. The molecule has 20 heavy (non-hydrogen) atoms. The highest BCUT2D eigenvalue weighted by atomic mass is 16.3. The van der Waals surface area contributed by atoms with Crippen molar-refractivity contribution in [2.75, 3.05) is 7.05 Å². The maximum absolute atomic E-state index is 10.5. The van der Waals surface area contributed by atoms with Gasteiger partial charge in [0.2, 0.25) is 0 Å². The number of aromatic nitrogens is 1. The molecule has 106 valence electrons. The zero-order valence-corrected chi connectivity index (χ0v) is 12.1. The second kappa shape index (κ2) is 4.28. The lowest BCUT2D eigenvalue weighted by molar-refractivity contribution is 0.171. The van der Waals surface area contributed by atoms with E-state index >= 15 is 0 Å². The Kier molecular flexibility index (Phi) is 2.80. The highest BCUT2D eigenvalue weighted by molar-refractivity contribution is 5.52. The summed E-state index contributed by atoms with van der Waals surface area (Å²) >= 11 is 0. The average Bonchev–Trinajstić information content (AvgIpc) is 2.79. The molecule has 2 heterocycles. The van der Waals surface area contributed by atoms with E-state index in [0.717, 1.165) is 16.7 Å². The molecule has 3 rings (SSSR count). The fraction of sp³-hybridized carbons (Fsp3) is 0.375. The van der Waals surface area contributed by atoms with Gasteiger partial charge >= 0.3 is 0 Å². The van der Waals surface area contributed by atoms with Crippen LogP contribution in [0.3, 0.4) is 0 Å². The number of aromatic hydroxyl groups is 2. The molecule has 0 amide bonds. The number of fused-ring (bicyclic) bond motifs is 1. The SMILES string of the molecule is CN1Cc2c(c(O)n(Cc3ccccc3)c2O)C1(C)C. The number of hydrogen-bond donors (Lipinski definition) is 2. The molecular formula is C16H20N2O2. The first-order valence-electron chi connectivity index (χ1n) is 6.82. The van der Waals surface area contributed by atoms with Gasteiger partial charge < -0.3 is 10.2 Å². The second-order valence-electron chi connectivity index (χ2n) is 5.99. The summed E-state index contributed by atoms with van der Waals surface area (Å²) in [6.07, 6.45) is 0. The molecule has 1 aliphatic rings. The van der Waals surface area contributed by atoms with E-state index in [1.807, 2.05) is 37.4 Å². The van der Waals surface area contributed by atoms with Crippen LogP contribution in [0.4, 0.5) is 0 Å². The second-order valence-corrected chi connectivity index (χ2v) is 5.99. The Morgan fingerprint density at radius 3 is 2.35 bits per heavy atom. The van der Waals surface area contributed by atoms with Gasteiger partial charge in [-0.3, -0.25) is 9.47 Å². The van der Waals surface area contributed by atoms with Gasteiger partial charge in [-0.2, -0.15) is 0 Å². The van der Waals surface area contributed by atoms with Crippen molar-refractivity contribution in [1.29, 1.82) is 0 Å². The first-order chi connectivity index (χ1) is 9.43. The van der Waals surface area contributed by atoms with E-state index in [9.17, 15) is 10.2 Å². The molecule has 0 saturated carbocycles. The molecule has 0 unspecified atom stereocenters. The van der Waals surface area contributed by atoms with E-state index in [1.165, 1.54) is 0 Å². The highest BCUT2D eigenvalue weighted by Gasteiger charge is 2.42. The average molecular weight is 272 g/mol. The molecule has 1 aromatic carbocycles. The van der Waals surface area contributed by atoms with E-state index in [1.54, 1.807) is 4.57 Å². The molecule has 0 radical (unpaired) electrons. The van der Waals surface area contributed by atoms with Gasteiger partial charge in [-0.1, -0.05) is 30.3 Å². The number of benzene rings is 1. The maximum Gasteiger partial charge on any atom is 0.199 e. The monoisotopic (exact) mass is 272 g/mol. The van der Waals surface area contributed by atoms with Gasteiger partial charge in [-0.25, -0.2) is 0 Å². The van der Waals surface area contributed by atoms with Crippen molar-refractivity contribution >= 4 is 0 Å². The van der Waals surface area contributed by atoms with Gasteiger partial charge in [0.05, 0.1) is 6.54 Å². The third-order valence-electron chi connectivity index (χ3n) is 4.45. The molecule has 0 fully saturated rings. The fourth-order valence-electron chi connectivity index (χ4n) is 2.98. The quantitative estimate of drug-likeness (QED) is 0.883. The van der Waals surface area contributed by atoms with Gasteiger partial charge in [0.1, 0.15) is 0 Å². The highest BCUT2D eigenvalue weighted by Crippen LogP contribution is 2.48. The van der Waals surface area contributed by atoms with Crippen LogP contribution in [0.2, 0.25) is 0 Å². The largest absolute Gasteiger partial charge is 0.494 e. The Morgan fingerprint density at radius 2 is 1.75 bits per heavy atom. The Bertz CT molecular complexity index is 644. The van der Waals surface area contributed by atoms with Crippen LogP contribution in [-0.4, -0.2) is 26.7 Å². The predicted molar refractivity (Wildman–Crippen MR) is 77.8 cm³/mol. The van der Waals surface area contributed by atoms with E-state index in [4.69, 9.17) is 0 Å². The van der Waals surface area contributed by atoms with Crippen LogP contribution in [0.25, 0.3) is 0 Å². The van der Waals surface area contributed by atoms with Crippen LogP contribution in [-0.2, 0) is 18.6 Å². The normalized spacial score (nSPS) is 17.4. The van der Waals surface area contributed by atoms with Crippen LogP contribution < -0.4 is 0 Å². The molecule has 0 spiro atoms. The van der Waals surface area contributed by atoms with Crippen molar-refractivity contribution in [2.45, 2.75) is 32.5 Å². The van der Waals surface area contributed by atoms with Crippen molar-refractivity contribution < 1.29 is 10.2 Å². The van der Waals surface area contributed by atoms with Crippen LogP contribution >= 0.6 is 0 Å². The lowest BCUT2D eigenvalue weighted by Crippen LogP contribution is -2.32. The Balaban J connectivity index is 2.06.